The lowest BCUT2D eigenvalue weighted by molar-refractivity contribution is -0.145. The molecule has 0 aromatic heterocycles. The number of carbonyl (C=O) groups is 1. The van der Waals surface area contributed by atoms with E-state index in [1.54, 1.807) is 12.1 Å². The van der Waals surface area contributed by atoms with E-state index in [4.69, 9.17) is 4.74 Å². The Morgan fingerprint density at radius 2 is 2.20 bits per heavy atom. The SMILES string of the molecule is COc1ccc(CN2CCN(C)[C@@H](C(=O)O)C2)cc1O. The third-order valence-electron chi connectivity index (χ3n) is 3.67. The number of likely N-dealkylation sites (N-methyl/N-ethyl adjacent to an activating group) is 1. The molecule has 1 saturated heterocycles. The third kappa shape index (κ3) is 3.20. The number of carboxylic acids is 1. The van der Waals surface area contributed by atoms with Crippen molar-refractivity contribution in [3.05, 3.63) is 23.8 Å². The Morgan fingerprint density at radius 3 is 2.80 bits per heavy atom. The number of phenolic OH excluding ortho intramolecular Hbond substituents is 1. The minimum atomic E-state index is -0.797. The number of benzene rings is 1. The summed E-state index contributed by atoms with van der Waals surface area (Å²) in [5.74, 6) is -0.251. The van der Waals surface area contributed by atoms with Crippen LogP contribution < -0.4 is 4.74 Å². The maximum Gasteiger partial charge on any atom is 0.322 e. The second-order valence-corrected chi connectivity index (χ2v) is 5.08. The van der Waals surface area contributed by atoms with Gasteiger partial charge in [0, 0.05) is 26.2 Å². The molecule has 6 heteroatoms. The van der Waals surface area contributed by atoms with Crippen molar-refractivity contribution < 1.29 is 19.7 Å². The minimum Gasteiger partial charge on any atom is -0.504 e. The minimum absolute atomic E-state index is 0.105. The molecule has 0 bridgehead atoms. The average molecular weight is 280 g/mol. The van der Waals surface area contributed by atoms with Crippen molar-refractivity contribution in [2.45, 2.75) is 12.6 Å². The summed E-state index contributed by atoms with van der Waals surface area (Å²) < 4.78 is 5.00. The standard InChI is InChI=1S/C14H20N2O4/c1-15-5-6-16(9-11(15)14(18)19)8-10-3-4-13(20-2)12(17)7-10/h3-4,7,11,17H,5-6,8-9H2,1-2H3,(H,18,19)/t11-/m1/s1. The first-order valence-electron chi connectivity index (χ1n) is 6.52. The normalized spacial score (nSPS) is 20.8. The first kappa shape index (κ1) is 14.6. The van der Waals surface area contributed by atoms with E-state index in [1.807, 2.05) is 18.0 Å². The number of carboxylic acid groups (broad SMARTS) is 1. The number of nitrogens with zero attached hydrogens (tertiary/aromatic N) is 2. The van der Waals surface area contributed by atoms with Crippen LogP contribution in [0.5, 0.6) is 11.5 Å². The van der Waals surface area contributed by atoms with E-state index < -0.39 is 12.0 Å². The fourth-order valence-corrected chi connectivity index (χ4v) is 2.43. The van der Waals surface area contributed by atoms with E-state index in [-0.39, 0.29) is 5.75 Å². The van der Waals surface area contributed by atoms with Gasteiger partial charge in [0.1, 0.15) is 6.04 Å². The van der Waals surface area contributed by atoms with Crippen LogP contribution in [0.1, 0.15) is 5.56 Å². The van der Waals surface area contributed by atoms with Gasteiger partial charge in [-0.3, -0.25) is 14.6 Å². The first-order chi connectivity index (χ1) is 9.51. The zero-order chi connectivity index (χ0) is 14.7. The van der Waals surface area contributed by atoms with Crippen molar-refractivity contribution in [2.75, 3.05) is 33.8 Å². The maximum absolute atomic E-state index is 11.2. The fraction of sp³-hybridized carbons (Fsp3) is 0.500. The molecule has 0 saturated carbocycles. The Bertz CT molecular complexity index is 492. The summed E-state index contributed by atoms with van der Waals surface area (Å²) in [6.45, 7) is 2.64. The average Bonchev–Trinajstić information content (AvgIpc) is 2.41. The number of aromatic hydroxyl groups is 1. The number of hydrogen-bond donors (Lipinski definition) is 2. The van der Waals surface area contributed by atoms with Gasteiger partial charge in [0.2, 0.25) is 0 Å². The number of piperazine rings is 1. The molecule has 0 spiro atoms. The van der Waals surface area contributed by atoms with Crippen LogP contribution in [-0.2, 0) is 11.3 Å². The highest BCUT2D eigenvalue weighted by molar-refractivity contribution is 5.73. The van der Waals surface area contributed by atoms with Gasteiger partial charge in [0.25, 0.3) is 0 Å². The predicted octanol–water partition coefficient (Wildman–Crippen LogP) is 0.601. The molecule has 0 amide bonds. The number of rotatable bonds is 4. The summed E-state index contributed by atoms with van der Waals surface area (Å²) in [5.41, 5.74) is 0.942. The number of aliphatic carboxylic acids is 1. The monoisotopic (exact) mass is 280 g/mol. The van der Waals surface area contributed by atoms with Crippen LogP contribution in [0.3, 0.4) is 0 Å². The van der Waals surface area contributed by atoms with Gasteiger partial charge in [0.15, 0.2) is 11.5 Å². The van der Waals surface area contributed by atoms with E-state index in [0.29, 0.717) is 18.8 Å². The van der Waals surface area contributed by atoms with Gasteiger partial charge in [-0.1, -0.05) is 6.07 Å². The molecule has 1 aromatic carbocycles. The number of ether oxygens (including phenoxy) is 1. The fourth-order valence-electron chi connectivity index (χ4n) is 2.43. The number of hydrogen-bond acceptors (Lipinski definition) is 5. The zero-order valence-electron chi connectivity index (χ0n) is 11.7. The molecule has 2 rings (SSSR count). The van der Waals surface area contributed by atoms with Crippen molar-refractivity contribution in [3.63, 3.8) is 0 Å². The van der Waals surface area contributed by atoms with Crippen LogP contribution in [0.4, 0.5) is 0 Å². The van der Waals surface area contributed by atoms with Crippen molar-refractivity contribution in [1.82, 2.24) is 9.80 Å². The molecule has 1 atom stereocenters. The van der Waals surface area contributed by atoms with Crippen LogP contribution in [0.2, 0.25) is 0 Å². The molecule has 1 aromatic rings. The molecule has 6 nitrogen and oxygen atoms in total. The Kier molecular flexibility index (Phi) is 4.46. The van der Waals surface area contributed by atoms with E-state index >= 15 is 0 Å². The van der Waals surface area contributed by atoms with Gasteiger partial charge in [-0.2, -0.15) is 0 Å². The topological polar surface area (TPSA) is 73.2 Å². The van der Waals surface area contributed by atoms with Crippen molar-refractivity contribution >= 4 is 5.97 Å². The molecule has 1 fully saturated rings. The molecule has 20 heavy (non-hydrogen) atoms. The van der Waals surface area contributed by atoms with E-state index in [0.717, 1.165) is 18.7 Å². The number of methoxy groups -OCH3 is 1. The molecule has 110 valence electrons. The van der Waals surface area contributed by atoms with E-state index in [9.17, 15) is 15.0 Å². The van der Waals surface area contributed by atoms with Gasteiger partial charge < -0.3 is 14.9 Å². The van der Waals surface area contributed by atoms with Crippen LogP contribution in [0, 0.1) is 0 Å². The van der Waals surface area contributed by atoms with E-state index in [2.05, 4.69) is 4.90 Å². The van der Waals surface area contributed by atoms with Crippen molar-refractivity contribution in [1.29, 1.82) is 0 Å². The maximum atomic E-state index is 11.2. The zero-order valence-corrected chi connectivity index (χ0v) is 11.7. The molecule has 1 aliphatic heterocycles. The second kappa shape index (κ2) is 6.11. The van der Waals surface area contributed by atoms with Crippen molar-refractivity contribution in [2.24, 2.45) is 0 Å². The summed E-state index contributed by atoms with van der Waals surface area (Å²) in [6, 6.07) is 4.78. The summed E-state index contributed by atoms with van der Waals surface area (Å²) in [6.07, 6.45) is 0. The molecule has 0 aliphatic carbocycles. The molecular formula is C14H20N2O4. The Balaban J connectivity index is 2.03. The predicted molar refractivity (Wildman–Crippen MR) is 74.0 cm³/mol. The van der Waals surface area contributed by atoms with Crippen molar-refractivity contribution in [3.8, 4) is 11.5 Å². The lowest BCUT2D eigenvalue weighted by Gasteiger charge is -2.37. The Hall–Kier alpha value is -1.79. The van der Waals surface area contributed by atoms with Crippen LogP contribution in [0.25, 0.3) is 0 Å². The van der Waals surface area contributed by atoms with Gasteiger partial charge >= 0.3 is 5.97 Å². The highest BCUT2D eigenvalue weighted by Crippen LogP contribution is 2.27. The highest BCUT2D eigenvalue weighted by atomic mass is 16.5. The molecule has 0 unspecified atom stereocenters. The molecule has 1 heterocycles. The quantitative estimate of drug-likeness (QED) is 0.841. The van der Waals surface area contributed by atoms with Gasteiger partial charge in [-0.05, 0) is 24.7 Å². The first-order valence-corrected chi connectivity index (χ1v) is 6.52. The van der Waals surface area contributed by atoms with Gasteiger partial charge in [-0.25, -0.2) is 0 Å². The lowest BCUT2D eigenvalue weighted by atomic mass is 10.1. The van der Waals surface area contributed by atoms with E-state index in [1.165, 1.54) is 7.11 Å². The smallest absolute Gasteiger partial charge is 0.322 e. The van der Waals surface area contributed by atoms with Gasteiger partial charge in [-0.15, -0.1) is 0 Å². The van der Waals surface area contributed by atoms with Crippen LogP contribution in [0.15, 0.2) is 18.2 Å². The number of phenols is 1. The van der Waals surface area contributed by atoms with Gasteiger partial charge in [0.05, 0.1) is 7.11 Å². The highest BCUT2D eigenvalue weighted by Gasteiger charge is 2.29. The summed E-state index contributed by atoms with van der Waals surface area (Å²) in [7, 11) is 3.34. The largest absolute Gasteiger partial charge is 0.504 e. The molecule has 2 N–H and O–H groups in total. The second-order valence-electron chi connectivity index (χ2n) is 5.08. The molecule has 1 aliphatic rings. The summed E-state index contributed by atoms with van der Waals surface area (Å²) >= 11 is 0. The Morgan fingerprint density at radius 1 is 1.45 bits per heavy atom. The van der Waals surface area contributed by atoms with Crippen LogP contribution in [-0.4, -0.2) is 65.8 Å². The Labute approximate surface area is 118 Å². The molecular weight excluding hydrogens is 260 g/mol. The van der Waals surface area contributed by atoms with Crippen LogP contribution >= 0.6 is 0 Å². The summed E-state index contributed by atoms with van der Waals surface area (Å²) in [4.78, 5) is 15.1. The lowest BCUT2D eigenvalue weighted by Crippen LogP contribution is -2.54. The summed E-state index contributed by atoms with van der Waals surface area (Å²) in [5, 5.41) is 18.9. The molecule has 0 radical (unpaired) electrons. The third-order valence-corrected chi connectivity index (χ3v) is 3.67.